The first-order valence-corrected chi connectivity index (χ1v) is 11.3. The van der Waals surface area contributed by atoms with E-state index >= 15 is 0 Å². The zero-order valence-electron chi connectivity index (χ0n) is 17.6. The molecule has 0 aromatic carbocycles. The number of carbonyl (C=O) groups is 1. The third kappa shape index (κ3) is 16.7. The number of carbonyl (C=O) groups excluding carboxylic acids is 1. The van der Waals surface area contributed by atoms with Crippen LogP contribution in [0, 0.1) is 5.92 Å². The highest BCUT2D eigenvalue weighted by atomic mass is 16.5. The summed E-state index contributed by atoms with van der Waals surface area (Å²) in [6, 6.07) is 0. The Bertz CT molecular complexity index is 275. The van der Waals surface area contributed by atoms with Crippen molar-refractivity contribution in [3.63, 3.8) is 0 Å². The molecule has 0 aromatic rings. The molecular weight excluding hydrogens is 308 g/mol. The van der Waals surface area contributed by atoms with Gasteiger partial charge in [0.05, 0.1) is 13.0 Å². The smallest absolute Gasteiger partial charge is 0.308 e. The van der Waals surface area contributed by atoms with Gasteiger partial charge in [0, 0.05) is 0 Å². The lowest BCUT2D eigenvalue weighted by atomic mass is 9.94. The van der Waals surface area contributed by atoms with Crippen molar-refractivity contribution >= 4 is 5.97 Å². The van der Waals surface area contributed by atoms with Gasteiger partial charge < -0.3 is 4.74 Å². The zero-order valence-corrected chi connectivity index (χ0v) is 17.6. The number of ether oxygens (including phenoxy) is 1. The second-order valence-corrected chi connectivity index (χ2v) is 7.75. The molecular formula is C23H46O2. The van der Waals surface area contributed by atoms with E-state index in [0.717, 1.165) is 12.8 Å². The van der Waals surface area contributed by atoms with E-state index in [9.17, 15) is 4.79 Å². The molecule has 25 heavy (non-hydrogen) atoms. The molecule has 0 rings (SSSR count). The van der Waals surface area contributed by atoms with E-state index in [1.807, 2.05) is 0 Å². The van der Waals surface area contributed by atoms with Crippen LogP contribution in [0.25, 0.3) is 0 Å². The van der Waals surface area contributed by atoms with Gasteiger partial charge in [-0.1, -0.05) is 117 Å². The van der Waals surface area contributed by atoms with Gasteiger partial charge in [-0.15, -0.1) is 0 Å². The van der Waals surface area contributed by atoms with Gasteiger partial charge in [0.2, 0.25) is 0 Å². The molecule has 150 valence electrons. The van der Waals surface area contributed by atoms with E-state index in [-0.39, 0.29) is 11.9 Å². The predicted octanol–water partition coefficient (Wildman–Crippen LogP) is 7.84. The van der Waals surface area contributed by atoms with Crippen molar-refractivity contribution in [3.05, 3.63) is 0 Å². The topological polar surface area (TPSA) is 26.3 Å². The Morgan fingerprint density at radius 3 is 1.28 bits per heavy atom. The minimum Gasteiger partial charge on any atom is -0.469 e. The largest absolute Gasteiger partial charge is 0.469 e. The van der Waals surface area contributed by atoms with Crippen molar-refractivity contribution in [2.75, 3.05) is 7.11 Å². The molecule has 0 N–H and O–H groups in total. The second-order valence-electron chi connectivity index (χ2n) is 7.75. The van der Waals surface area contributed by atoms with E-state index in [2.05, 4.69) is 13.8 Å². The third-order valence-corrected chi connectivity index (χ3v) is 5.35. The molecule has 0 aliphatic carbocycles. The zero-order chi connectivity index (χ0) is 18.6. The molecule has 0 saturated carbocycles. The van der Waals surface area contributed by atoms with Gasteiger partial charge in [-0.25, -0.2) is 0 Å². The molecule has 1 atom stereocenters. The first-order chi connectivity index (χ1) is 12.3. The summed E-state index contributed by atoms with van der Waals surface area (Å²) in [5.74, 6) is 0.157. The highest BCUT2D eigenvalue weighted by molar-refractivity contribution is 5.72. The maximum Gasteiger partial charge on any atom is 0.308 e. The highest BCUT2D eigenvalue weighted by Crippen LogP contribution is 2.20. The predicted molar refractivity (Wildman–Crippen MR) is 110 cm³/mol. The Kier molecular flexibility index (Phi) is 19.4. The molecule has 1 unspecified atom stereocenters. The fourth-order valence-corrected chi connectivity index (χ4v) is 3.60. The van der Waals surface area contributed by atoms with Crippen molar-refractivity contribution in [1.29, 1.82) is 0 Å². The van der Waals surface area contributed by atoms with E-state index in [1.54, 1.807) is 0 Å². The standard InChI is InChI=1S/C23H46O2/c1-4-6-8-10-11-12-13-14-15-16-17-19-21-22(23(24)25-3)20-18-9-7-5-2/h22H,4-21H2,1-3H3. The summed E-state index contributed by atoms with van der Waals surface area (Å²) in [5.41, 5.74) is 0. The molecule has 0 bridgehead atoms. The minimum atomic E-state index is 0.0135. The molecule has 0 aromatic heterocycles. The summed E-state index contributed by atoms with van der Waals surface area (Å²) < 4.78 is 4.99. The molecule has 0 radical (unpaired) electrons. The Morgan fingerprint density at radius 1 is 0.600 bits per heavy atom. The fraction of sp³-hybridized carbons (Fsp3) is 0.957. The van der Waals surface area contributed by atoms with Gasteiger partial charge in [-0.3, -0.25) is 4.79 Å². The van der Waals surface area contributed by atoms with Crippen LogP contribution in [0.4, 0.5) is 0 Å². The van der Waals surface area contributed by atoms with E-state index < -0.39 is 0 Å². The molecule has 0 aliphatic rings. The SMILES string of the molecule is CCCCCCCCCCCCCCC(CCCCCC)C(=O)OC. The van der Waals surface area contributed by atoms with Crippen LogP contribution in [0.3, 0.4) is 0 Å². The van der Waals surface area contributed by atoms with Crippen LogP contribution in [0.5, 0.6) is 0 Å². The van der Waals surface area contributed by atoms with Gasteiger partial charge in [-0.05, 0) is 12.8 Å². The Labute approximate surface area is 158 Å². The molecule has 2 heteroatoms. The van der Waals surface area contributed by atoms with Crippen LogP contribution >= 0.6 is 0 Å². The van der Waals surface area contributed by atoms with E-state index in [0.29, 0.717) is 0 Å². The first kappa shape index (κ1) is 24.5. The van der Waals surface area contributed by atoms with Crippen molar-refractivity contribution in [1.82, 2.24) is 0 Å². The van der Waals surface area contributed by atoms with Crippen LogP contribution in [-0.4, -0.2) is 13.1 Å². The average molecular weight is 355 g/mol. The summed E-state index contributed by atoms with van der Waals surface area (Å²) in [5, 5.41) is 0. The fourth-order valence-electron chi connectivity index (χ4n) is 3.60. The van der Waals surface area contributed by atoms with Crippen LogP contribution in [0.1, 0.15) is 129 Å². The molecule has 0 heterocycles. The van der Waals surface area contributed by atoms with Gasteiger partial charge in [0.25, 0.3) is 0 Å². The van der Waals surface area contributed by atoms with Crippen LogP contribution in [0.2, 0.25) is 0 Å². The number of hydrogen-bond acceptors (Lipinski definition) is 2. The Morgan fingerprint density at radius 2 is 0.920 bits per heavy atom. The monoisotopic (exact) mass is 354 g/mol. The minimum absolute atomic E-state index is 0.0135. The van der Waals surface area contributed by atoms with Crippen LogP contribution in [0.15, 0.2) is 0 Å². The number of esters is 1. The second kappa shape index (κ2) is 19.8. The maximum absolute atomic E-state index is 11.9. The highest BCUT2D eigenvalue weighted by Gasteiger charge is 2.17. The van der Waals surface area contributed by atoms with Crippen molar-refractivity contribution in [3.8, 4) is 0 Å². The molecule has 0 fully saturated rings. The van der Waals surface area contributed by atoms with Crippen molar-refractivity contribution in [2.24, 2.45) is 5.92 Å². The number of methoxy groups -OCH3 is 1. The summed E-state index contributed by atoms with van der Waals surface area (Å²) in [7, 11) is 1.53. The quantitative estimate of drug-likeness (QED) is 0.174. The van der Waals surface area contributed by atoms with E-state index in [1.165, 1.54) is 110 Å². The van der Waals surface area contributed by atoms with Crippen molar-refractivity contribution < 1.29 is 9.53 Å². The summed E-state index contributed by atoms with van der Waals surface area (Å²) >= 11 is 0. The summed E-state index contributed by atoms with van der Waals surface area (Å²) in [6.07, 6.45) is 23.4. The van der Waals surface area contributed by atoms with Gasteiger partial charge >= 0.3 is 5.97 Å². The normalized spacial score (nSPS) is 12.3. The summed E-state index contributed by atoms with van der Waals surface area (Å²) in [4.78, 5) is 11.9. The Hall–Kier alpha value is -0.530. The lowest BCUT2D eigenvalue weighted by molar-refractivity contribution is -0.146. The molecule has 0 aliphatic heterocycles. The number of unbranched alkanes of at least 4 members (excludes halogenated alkanes) is 14. The van der Waals surface area contributed by atoms with Crippen LogP contribution in [-0.2, 0) is 9.53 Å². The molecule has 0 saturated heterocycles. The lowest BCUT2D eigenvalue weighted by Crippen LogP contribution is -2.16. The maximum atomic E-state index is 11.9. The Balaban J connectivity index is 3.50. The van der Waals surface area contributed by atoms with Crippen LogP contribution < -0.4 is 0 Å². The molecule has 0 amide bonds. The van der Waals surface area contributed by atoms with E-state index in [4.69, 9.17) is 4.74 Å². The number of rotatable bonds is 19. The molecule has 2 nitrogen and oxygen atoms in total. The third-order valence-electron chi connectivity index (χ3n) is 5.35. The average Bonchev–Trinajstić information content (AvgIpc) is 2.63. The van der Waals surface area contributed by atoms with Gasteiger partial charge in [0.15, 0.2) is 0 Å². The van der Waals surface area contributed by atoms with Gasteiger partial charge in [0.1, 0.15) is 0 Å². The summed E-state index contributed by atoms with van der Waals surface area (Å²) in [6.45, 7) is 4.50. The lowest BCUT2D eigenvalue weighted by Gasteiger charge is -2.14. The van der Waals surface area contributed by atoms with Crippen molar-refractivity contribution in [2.45, 2.75) is 129 Å². The van der Waals surface area contributed by atoms with Gasteiger partial charge in [-0.2, -0.15) is 0 Å². The molecule has 0 spiro atoms. The number of hydrogen-bond donors (Lipinski definition) is 0. The first-order valence-electron chi connectivity index (χ1n) is 11.3.